The number of aryl methyl sites for hydroxylation is 3. The van der Waals surface area contributed by atoms with Gasteiger partial charge >= 0.3 is 0 Å². The summed E-state index contributed by atoms with van der Waals surface area (Å²) < 4.78 is 4.98. The average Bonchev–Trinajstić information content (AvgIpc) is 2.91. The molecule has 2 aromatic rings. The van der Waals surface area contributed by atoms with Crippen molar-refractivity contribution in [2.75, 3.05) is 6.54 Å². The van der Waals surface area contributed by atoms with E-state index in [0.717, 1.165) is 11.1 Å². The molecule has 1 heterocycles. The van der Waals surface area contributed by atoms with Crippen molar-refractivity contribution >= 4 is 5.91 Å². The zero-order valence-electron chi connectivity index (χ0n) is 12.9. The Morgan fingerprint density at radius 2 is 2.14 bits per heavy atom. The van der Waals surface area contributed by atoms with Gasteiger partial charge in [-0.15, -0.1) is 0 Å². The van der Waals surface area contributed by atoms with Crippen molar-refractivity contribution in [2.45, 2.75) is 39.2 Å². The van der Waals surface area contributed by atoms with Gasteiger partial charge in [0.2, 0.25) is 11.8 Å². The molecule has 1 aromatic heterocycles. The van der Waals surface area contributed by atoms with Crippen LogP contribution < -0.4 is 5.32 Å². The smallest absolute Gasteiger partial charge is 0.226 e. The Morgan fingerprint density at radius 1 is 1.36 bits per heavy atom. The molecule has 6 heteroatoms. The van der Waals surface area contributed by atoms with Gasteiger partial charge in [-0.1, -0.05) is 29.4 Å². The highest BCUT2D eigenvalue weighted by molar-refractivity contribution is 5.75. The molecule has 118 valence electrons. The summed E-state index contributed by atoms with van der Waals surface area (Å²) in [5.74, 6) is 1.05. The molecule has 2 rings (SSSR count). The van der Waals surface area contributed by atoms with E-state index in [2.05, 4.69) is 15.5 Å². The molecule has 0 saturated heterocycles. The minimum Gasteiger partial charge on any atom is -0.387 e. The van der Waals surface area contributed by atoms with E-state index in [0.29, 0.717) is 31.0 Å². The van der Waals surface area contributed by atoms with Crippen molar-refractivity contribution in [1.82, 2.24) is 15.5 Å². The number of aliphatic hydroxyl groups excluding tert-OH is 1. The maximum absolute atomic E-state index is 11.8. The van der Waals surface area contributed by atoms with Crippen LogP contribution in [0.15, 0.2) is 28.8 Å². The van der Waals surface area contributed by atoms with Crippen molar-refractivity contribution in [1.29, 1.82) is 0 Å². The summed E-state index contributed by atoms with van der Waals surface area (Å²) in [6.45, 7) is 3.91. The van der Waals surface area contributed by atoms with Crippen LogP contribution in [-0.2, 0) is 11.2 Å². The summed E-state index contributed by atoms with van der Waals surface area (Å²) in [5, 5.41) is 16.5. The number of carbonyl (C=O) groups excluding carboxylic acids is 1. The molecule has 22 heavy (non-hydrogen) atoms. The predicted molar refractivity (Wildman–Crippen MR) is 81.1 cm³/mol. The summed E-state index contributed by atoms with van der Waals surface area (Å²) in [4.78, 5) is 15.9. The first-order valence-electron chi connectivity index (χ1n) is 7.35. The molecule has 0 spiro atoms. The third-order valence-electron chi connectivity index (χ3n) is 3.40. The summed E-state index contributed by atoms with van der Waals surface area (Å²) in [6, 6.07) is 7.60. The topological polar surface area (TPSA) is 88.2 Å². The Labute approximate surface area is 129 Å². The number of rotatable bonds is 7. The van der Waals surface area contributed by atoms with Gasteiger partial charge in [0.1, 0.15) is 0 Å². The highest BCUT2D eigenvalue weighted by atomic mass is 16.5. The molecular weight excluding hydrogens is 282 g/mol. The number of benzene rings is 1. The standard InChI is InChI=1S/C16H21N3O3/c1-11-6-3-4-7-13(11)14(20)10-17-15(21)8-5-9-16-18-12(2)19-22-16/h3-4,6-7,14,20H,5,8-10H2,1-2H3,(H,17,21). The highest BCUT2D eigenvalue weighted by Gasteiger charge is 2.11. The van der Waals surface area contributed by atoms with E-state index in [1.807, 2.05) is 31.2 Å². The minimum atomic E-state index is -0.691. The first-order valence-corrected chi connectivity index (χ1v) is 7.35. The number of nitrogens with one attached hydrogen (secondary N) is 1. The number of aliphatic hydroxyl groups is 1. The van der Waals surface area contributed by atoms with Crippen LogP contribution in [0.5, 0.6) is 0 Å². The zero-order chi connectivity index (χ0) is 15.9. The lowest BCUT2D eigenvalue weighted by atomic mass is 10.0. The fourth-order valence-corrected chi connectivity index (χ4v) is 2.21. The second-order valence-electron chi connectivity index (χ2n) is 5.27. The quantitative estimate of drug-likeness (QED) is 0.815. The molecular formula is C16H21N3O3. The zero-order valence-corrected chi connectivity index (χ0v) is 12.9. The van der Waals surface area contributed by atoms with E-state index in [-0.39, 0.29) is 12.5 Å². The van der Waals surface area contributed by atoms with Crippen molar-refractivity contribution in [2.24, 2.45) is 0 Å². The van der Waals surface area contributed by atoms with Gasteiger partial charge in [0.25, 0.3) is 0 Å². The largest absolute Gasteiger partial charge is 0.387 e. The Morgan fingerprint density at radius 3 is 2.82 bits per heavy atom. The molecule has 1 unspecified atom stereocenters. The van der Waals surface area contributed by atoms with Crippen molar-refractivity contribution < 1.29 is 14.4 Å². The number of aromatic nitrogens is 2. The maximum atomic E-state index is 11.8. The van der Waals surface area contributed by atoms with Gasteiger partial charge in [0, 0.05) is 19.4 Å². The van der Waals surface area contributed by atoms with E-state index in [1.54, 1.807) is 6.92 Å². The van der Waals surface area contributed by atoms with Crippen LogP contribution in [-0.4, -0.2) is 27.7 Å². The van der Waals surface area contributed by atoms with Crippen LogP contribution in [0, 0.1) is 13.8 Å². The van der Waals surface area contributed by atoms with Crippen LogP contribution >= 0.6 is 0 Å². The van der Waals surface area contributed by atoms with Gasteiger partial charge in [-0.25, -0.2) is 0 Å². The van der Waals surface area contributed by atoms with Gasteiger partial charge in [-0.2, -0.15) is 4.98 Å². The van der Waals surface area contributed by atoms with Crippen LogP contribution in [0.1, 0.15) is 41.8 Å². The number of amides is 1. The number of hydrogen-bond donors (Lipinski definition) is 2. The normalized spacial score (nSPS) is 12.1. The van der Waals surface area contributed by atoms with Gasteiger partial charge in [0.15, 0.2) is 5.82 Å². The molecule has 0 fully saturated rings. The van der Waals surface area contributed by atoms with Gasteiger partial charge in [0.05, 0.1) is 6.10 Å². The SMILES string of the molecule is Cc1noc(CCCC(=O)NCC(O)c2ccccc2C)n1. The number of hydrogen-bond acceptors (Lipinski definition) is 5. The third kappa shape index (κ3) is 4.66. The monoisotopic (exact) mass is 303 g/mol. The van der Waals surface area contributed by atoms with Crippen LogP contribution in [0.2, 0.25) is 0 Å². The Balaban J connectivity index is 1.70. The molecule has 0 radical (unpaired) electrons. The number of nitrogens with zero attached hydrogens (tertiary/aromatic N) is 2. The molecule has 1 amide bonds. The fourth-order valence-electron chi connectivity index (χ4n) is 2.21. The van der Waals surface area contributed by atoms with E-state index >= 15 is 0 Å². The molecule has 0 aliphatic heterocycles. The first kappa shape index (κ1) is 16.2. The molecule has 1 atom stereocenters. The van der Waals surface area contributed by atoms with Gasteiger partial charge in [-0.3, -0.25) is 4.79 Å². The Hall–Kier alpha value is -2.21. The summed E-state index contributed by atoms with van der Waals surface area (Å²) in [5.41, 5.74) is 1.85. The van der Waals surface area contributed by atoms with Crippen LogP contribution in [0.4, 0.5) is 0 Å². The van der Waals surface area contributed by atoms with Crippen molar-refractivity contribution in [3.63, 3.8) is 0 Å². The van der Waals surface area contributed by atoms with Crippen molar-refractivity contribution in [3.8, 4) is 0 Å². The summed E-state index contributed by atoms with van der Waals surface area (Å²) in [7, 11) is 0. The molecule has 0 aliphatic carbocycles. The van der Waals surface area contributed by atoms with Crippen molar-refractivity contribution in [3.05, 3.63) is 47.1 Å². The number of carbonyl (C=O) groups is 1. The average molecular weight is 303 g/mol. The van der Waals surface area contributed by atoms with E-state index < -0.39 is 6.10 Å². The molecule has 0 bridgehead atoms. The first-order chi connectivity index (χ1) is 10.6. The van der Waals surface area contributed by atoms with E-state index in [9.17, 15) is 9.90 Å². The highest BCUT2D eigenvalue weighted by Crippen LogP contribution is 2.16. The van der Waals surface area contributed by atoms with Gasteiger partial charge in [-0.05, 0) is 31.4 Å². The Kier molecular flexibility index (Phi) is 5.66. The second-order valence-corrected chi connectivity index (χ2v) is 5.27. The Bertz CT molecular complexity index is 625. The van der Waals surface area contributed by atoms with Crippen LogP contribution in [0.3, 0.4) is 0 Å². The van der Waals surface area contributed by atoms with E-state index in [4.69, 9.17) is 4.52 Å². The third-order valence-corrected chi connectivity index (χ3v) is 3.40. The molecule has 0 saturated carbocycles. The second kappa shape index (κ2) is 7.70. The maximum Gasteiger partial charge on any atom is 0.226 e. The van der Waals surface area contributed by atoms with E-state index in [1.165, 1.54) is 0 Å². The molecule has 0 aliphatic rings. The summed E-state index contributed by atoms with van der Waals surface area (Å²) >= 11 is 0. The molecule has 1 aromatic carbocycles. The van der Waals surface area contributed by atoms with Crippen LogP contribution in [0.25, 0.3) is 0 Å². The molecule has 2 N–H and O–H groups in total. The fraction of sp³-hybridized carbons (Fsp3) is 0.438. The lowest BCUT2D eigenvalue weighted by molar-refractivity contribution is -0.121. The predicted octanol–water partition coefficient (Wildman–Crippen LogP) is 1.86. The van der Waals surface area contributed by atoms with Gasteiger partial charge < -0.3 is 14.9 Å². The summed E-state index contributed by atoms with van der Waals surface area (Å²) in [6.07, 6.45) is 0.883. The lowest BCUT2D eigenvalue weighted by Crippen LogP contribution is -2.28. The lowest BCUT2D eigenvalue weighted by Gasteiger charge is -2.14. The minimum absolute atomic E-state index is 0.0936. The molecule has 6 nitrogen and oxygen atoms in total.